The van der Waals surface area contributed by atoms with Crippen LogP contribution in [0.4, 0.5) is 0 Å². The maximum atomic E-state index is 4.15. The number of hydrogen-bond donors (Lipinski definition) is 1. The summed E-state index contributed by atoms with van der Waals surface area (Å²) in [5.41, 5.74) is 4.23. The average Bonchev–Trinajstić information content (AvgIpc) is 2.92. The molecule has 2 aromatic rings. The number of rotatable bonds is 5. The Kier molecular flexibility index (Phi) is 4.36. The van der Waals surface area contributed by atoms with E-state index in [9.17, 15) is 0 Å². The molecule has 0 bridgehead atoms. The Hall–Kier alpha value is -1.65. The van der Waals surface area contributed by atoms with Crippen molar-refractivity contribution in [3.63, 3.8) is 0 Å². The molecule has 4 nitrogen and oxygen atoms in total. The predicted molar refractivity (Wildman–Crippen MR) is 84.9 cm³/mol. The lowest BCUT2D eigenvalue weighted by Gasteiger charge is -2.33. The molecule has 21 heavy (non-hydrogen) atoms. The minimum atomic E-state index is 0.548. The molecule has 1 aromatic carbocycles. The van der Waals surface area contributed by atoms with Gasteiger partial charge in [-0.1, -0.05) is 24.3 Å². The predicted octanol–water partition coefficient (Wildman–Crippen LogP) is 1.96. The van der Waals surface area contributed by atoms with Gasteiger partial charge < -0.3 is 9.88 Å². The molecular formula is C17H24N4. The number of benzene rings is 1. The normalized spacial score (nSPS) is 16.7. The van der Waals surface area contributed by atoms with Crippen molar-refractivity contribution in [1.29, 1.82) is 0 Å². The second kappa shape index (κ2) is 6.41. The number of imidazole rings is 1. The minimum Gasteiger partial charge on any atom is -0.337 e. The van der Waals surface area contributed by atoms with Gasteiger partial charge in [0.1, 0.15) is 0 Å². The summed E-state index contributed by atoms with van der Waals surface area (Å²) in [5, 5.41) is 3.55. The van der Waals surface area contributed by atoms with Gasteiger partial charge in [-0.2, -0.15) is 0 Å². The highest BCUT2D eigenvalue weighted by molar-refractivity contribution is 5.29. The van der Waals surface area contributed by atoms with Crippen LogP contribution in [0, 0.1) is 0 Å². The molecule has 0 saturated carbocycles. The molecule has 2 heterocycles. The maximum absolute atomic E-state index is 4.15. The van der Waals surface area contributed by atoms with Crippen LogP contribution in [-0.4, -0.2) is 33.6 Å². The molecule has 4 heteroatoms. The van der Waals surface area contributed by atoms with Crippen molar-refractivity contribution < 1.29 is 0 Å². The zero-order chi connectivity index (χ0) is 14.7. The first-order valence-electron chi connectivity index (χ1n) is 7.71. The van der Waals surface area contributed by atoms with Crippen molar-refractivity contribution in [2.45, 2.75) is 32.5 Å². The van der Waals surface area contributed by atoms with E-state index in [0.29, 0.717) is 6.04 Å². The molecule has 0 unspecified atom stereocenters. The van der Waals surface area contributed by atoms with E-state index >= 15 is 0 Å². The summed E-state index contributed by atoms with van der Waals surface area (Å²) in [6, 6.07) is 9.36. The maximum Gasteiger partial charge on any atom is 0.0945 e. The number of nitrogens with one attached hydrogen (secondary N) is 1. The van der Waals surface area contributed by atoms with Gasteiger partial charge in [-0.05, 0) is 24.5 Å². The van der Waals surface area contributed by atoms with E-state index in [1.165, 1.54) is 23.2 Å². The Morgan fingerprint density at radius 3 is 2.86 bits per heavy atom. The molecular weight excluding hydrogens is 260 g/mol. The number of hydrogen-bond acceptors (Lipinski definition) is 3. The van der Waals surface area contributed by atoms with Crippen molar-refractivity contribution in [1.82, 2.24) is 19.8 Å². The monoisotopic (exact) mass is 284 g/mol. The fraction of sp³-hybridized carbons (Fsp3) is 0.471. The van der Waals surface area contributed by atoms with Crippen molar-refractivity contribution in [3.05, 3.63) is 53.6 Å². The third-order valence-electron chi connectivity index (χ3n) is 4.45. The quantitative estimate of drug-likeness (QED) is 0.911. The molecule has 1 aliphatic rings. The van der Waals surface area contributed by atoms with E-state index < -0.39 is 0 Å². The van der Waals surface area contributed by atoms with Gasteiger partial charge in [0.05, 0.1) is 12.0 Å². The van der Waals surface area contributed by atoms with Crippen LogP contribution in [0.1, 0.15) is 23.7 Å². The van der Waals surface area contributed by atoms with Crippen molar-refractivity contribution in [3.8, 4) is 0 Å². The zero-order valence-corrected chi connectivity index (χ0v) is 12.9. The van der Waals surface area contributed by atoms with Crippen molar-refractivity contribution >= 4 is 0 Å². The number of aromatic nitrogens is 2. The van der Waals surface area contributed by atoms with Gasteiger partial charge in [0, 0.05) is 45.5 Å². The minimum absolute atomic E-state index is 0.548. The fourth-order valence-electron chi connectivity index (χ4n) is 2.99. The van der Waals surface area contributed by atoms with Crippen LogP contribution in [0.25, 0.3) is 0 Å². The molecule has 1 aromatic heterocycles. The lowest BCUT2D eigenvalue weighted by molar-refractivity contribution is 0.186. The Morgan fingerprint density at radius 1 is 1.29 bits per heavy atom. The third-order valence-corrected chi connectivity index (χ3v) is 4.45. The molecule has 3 rings (SSSR count). The summed E-state index contributed by atoms with van der Waals surface area (Å²) in [6.45, 7) is 6.43. The van der Waals surface area contributed by atoms with E-state index in [1.54, 1.807) is 0 Å². The average molecular weight is 284 g/mol. The summed E-state index contributed by atoms with van der Waals surface area (Å²) in [5.74, 6) is 0. The molecule has 0 saturated heterocycles. The van der Waals surface area contributed by atoms with Crippen LogP contribution >= 0.6 is 0 Å². The summed E-state index contributed by atoms with van der Waals surface area (Å²) >= 11 is 0. The van der Waals surface area contributed by atoms with E-state index in [1.807, 2.05) is 19.6 Å². The lowest BCUT2D eigenvalue weighted by atomic mass is 9.99. The highest BCUT2D eigenvalue weighted by atomic mass is 15.2. The van der Waals surface area contributed by atoms with Gasteiger partial charge in [-0.15, -0.1) is 0 Å². The fourth-order valence-corrected chi connectivity index (χ4v) is 2.99. The van der Waals surface area contributed by atoms with Crippen molar-refractivity contribution in [2.75, 3.05) is 13.1 Å². The smallest absolute Gasteiger partial charge is 0.0945 e. The lowest BCUT2D eigenvalue weighted by Crippen LogP contribution is -2.43. The Morgan fingerprint density at radius 2 is 2.10 bits per heavy atom. The summed E-state index contributed by atoms with van der Waals surface area (Å²) in [6.07, 6.45) is 4.94. The standard InChI is InChI=1S/C17H24N4/c1-14(9-18-10-17-11-19-13-20(17)2)21-8-7-15-5-3-4-6-16(15)12-21/h3-6,11,13-14,18H,7-10,12H2,1-2H3/t14-/m0/s1. The number of fused-ring (bicyclic) bond motifs is 1. The third kappa shape index (κ3) is 3.34. The molecule has 112 valence electrons. The van der Waals surface area contributed by atoms with Crippen LogP contribution in [0.3, 0.4) is 0 Å². The van der Waals surface area contributed by atoms with E-state index in [2.05, 4.69) is 51.0 Å². The van der Waals surface area contributed by atoms with E-state index in [0.717, 1.165) is 26.2 Å². The Labute approximate surface area is 126 Å². The molecule has 0 aliphatic carbocycles. The number of nitrogens with zero attached hydrogens (tertiary/aromatic N) is 3. The second-order valence-electron chi connectivity index (χ2n) is 5.96. The summed E-state index contributed by atoms with van der Waals surface area (Å²) < 4.78 is 2.06. The molecule has 1 N–H and O–H groups in total. The second-order valence-corrected chi connectivity index (χ2v) is 5.96. The molecule has 1 atom stereocenters. The molecule has 1 aliphatic heterocycles. The van der Waals surface area contributed by atoms with Crippen LogP contribution in [0.2, 0.25) is 0 Å². The first-order valence-corrected chi connectivity index (χ1v) is 7.71. The van der Waals surface area contributed by atoms with Crippen molar-refractivity contribution in [2.24, 2.45) is 7.05 Å². The first-order chi connectivity index (χ1) is 10.2. The van der Waals surface area contributed by atoms with Gasteiger partial charge in [-0.25, -0.2) is 4.98 Å². The van der Waals surface area contributed by atoms with E-state index in [-0.39, 0.29) is 0 Å². The first kappa shape index (κ1) is 14.3. The van der Waals surface area contributed by atoms with Gasteiger partial charge in [0.25, 0.3) is 0 Å². The highest BCUT2D eigenvalue weighted by Crippen LogP contribution is 2.19. The molecule has 0 radical (unpaired) electrons. The van der Waals surface area contributed by atoms with Crippen LogP contribution in [-0.2, 0) is 26.6 Å². The van der Waals surface area contributed by atoms with Crippen LogP contribution in [0.15, 0.2) is 36.8 Å². The molecule has 0 spiro atoms. The van der Waals surface area contributed by atoms with Gasteiger partial charge in [0.15, 0.2) is 0 Å². The number of aryl methyl sites for hydroxylation is 1. The van der Waals surface area contributed by atoms with Crippen LogP contribution < -0.4 is 5.32 Å². The topological polar surface area (TPSA) is 33.1 Å². The van der Waals surface area contributed by atoms with Gasteiger partial charge in [-0.3, -0.25) is 4.90 Å². The summed E-state index contributed by atoms with van der Waals surface area (Å²) in [7, 11) is 2.04. The highest BCUT2D eigenvalue weighted by Gasteiger charge is 2.19. The largest absolute Gasteiger partial charge is 0.337 e. The SMILES string of the molecule is C[C@@H](CNCc1cncn1C)N1CCc2ccccc2C1. The zero-order valence-electron chi connectivity index (χ0n) is 12.9. The van der Waals surface area contributed by atoms with Gasteiger partial charge >= 0.3 is 0 Å². The van der Waals surface area contributed by atoms with Gasteiger partial charge in [0.2, 0.25) is 0 Å². The van der Waals surface area contributed by atoms with E-state index in [4.69, 9.17) is 0 Å². The summed E-state index contributed by atoms with van der Waals surface area (Å²) in [4.78, 5) is 6.71. The Bertz CT molecular complexity index is 590. The van der Waals surface area contributed by atoms with Crippen LogP contribution in [0.5, 0.6) is 0 Å². The molecule has 0 fully saturated rings. The molecule has 0 amide bonds. The Balaban J connectivity index is 1.50.